The molecule has 17 heavy (non-hydrogen) atoms. The van der Waals surface area contributed by atoms with Crippen LogP contribution in [0.4, 0.5) is 4.79 Å². The third kappa shape index (κ3) is 5.53. The lowest BCUT2D eigenvalue weighted by Gasteiger charge is -2.21. The van der Waals surface area contributed by atoms with Crippen LogP contribution in [0.15, 0.2) is 0 Å². The average Bonchev–Trinajstić information content (AvgIpc) is 2.44. The Kier molecular flexibility index (Phi) is 5.76. The number of amides is 2. The molecule has 6 heteroatoms. The first-order chi connectivity index (χ1) is 8.09. The van der Waals surface area contributed by atoms with Gasteiger partial charge < -0.3 is 20.8 Å². The molecule has 1 fully saturated rings. The number of carboxylic acids is 1. The van der Waals surface area contributed by atoms with Crippen LogP contribution in [0.3, 0.4) is 0 Å². The smallest absolute Gasteiger partial charge is 0.315 e. The van der Waals surface area contributed by atoms with Gasteiger partial charge in [-0.05, 0) is 12.8 Å². The molecule has 0 saturated heterocycles. The highest BCUT2D eigenvalue weighted by Gasteiger charge is 2.22. The van der Waals surface area contributed by atoms with Gasteiger partial charge in [-0.15, -0.1) is 0 Å². The van der Waals surface area contributed by atoms with Crippen LogP contribution < -0.4 is 10.6 Å². The topological polar surface area (TPSA) is 98.7 Å². The van der Waals surface area contributed by atoms with Crippen molar-refractivity contribution in [3.05, 3.63) is 0 Å². The van der Waals surface area contributed by atoms with Gasteiger partial charge in [0.15, 0.2) is 0 Å². The predicted molar refractivity (Wildman–Crippen MR) is 61.7 cm³/mol. The van der Waals surface area contributed by atoms with E-state index in [0.29, 0.717) is 6.42 Å². The van der Waals surface area contributed by atoms with E-state index in [1.54, 1.807) is 0 Å². The van der Waals surface area contributed by atoms with E-state index < -0.39 is 18.1 Å². The number of carboxylic acid groups (broad SMARTS) is 1. The van der Waals surface area contributed by atoms with Gasteiger partial charge in [-0.3, -0.25) is 4.79 Å². The van der Waals surface area contributed by atoms with E-state index >= 15 is 0 Å². The van der Waals surface area contributed by atoms with E-state index in [0.717, 1.165) is 25.7 Å². The zero-order valence-corrected chi connectivity index (χ0v) is 9.82. The molecular weight excluding hydrogens is 224 g/mol. The van der Waals surface area contributed by atoms with E-state index in [-0.39, 0.29) is 19.0 Å². The van der Waals surface area contributed by atoms with E-state index in [9.17, 15) is 14.7 Å². The molecule has 1 aliphatic carbocycles. The first kappa shape index (κ1) is 13.8. The number of aliphatic hydroxyl groups excluding tert-OH is 1. The summed E-state index contributed by atoms with van der Waals surface area (Å²) in [5.41, 5.74) is 0. The number of aliphatic carboxylic acids is 1. The fourth-order valence-electron chi connectivity index (χ4n) is 1.96. The lowest BCUT2D eigenvalue weighted by Crippen LogP contribution is -2.47. The van der Waals surface area contributed by atoms with Crippen molar-refractivity contribution < 1.29 is 19.8 Å². The van der Waals surface area contributed by atoms with Crippen molar-refractivity contribution in [2.45, 2.75) is 50.7 Å². The van der Waals surface area contributed by atoms with Crippen LogP contribution in [0, 0.1) is 0 Å². The minimum Gasteiger partial charge on any atom is -0.481 e. The zero-order valence-electron chi connectivity index (χ0n) is 9.82. The van der Waals surface area contributed by atoms with E-state index in [1.807, 2.05) is 0 Å². The highest BCUT2D eigenvalue weighted by molar-refractivity contribution is 5.75. The summed E-state index contributed by atoms with van der Waals surface area (Å²) in [6, 6.07) is -0.625. The third-order valence-electron chi connectivity index (χ3n) is 2.92. The minimum absolute atomic E-state index is 0.0966. The fourth-order valence-corrected chi connectivity index (χ4v) is 1.96. The van der Waals surface area contributed by atoms with Crippen LogP contribution in [-0.4, -0.2) is 40.9 Å². The van der Waals surface area contributed by atoms with Crippen molar-refractivity contribution in [2.24, 2.45) is 0 Å². The lowest BCUT2D eigenvalue weighted by atomic mass is 10.1. The molecule has 4 N–H and O–H groups in total. The molecule has 0 aliphatic heterocycles. The van der Waals surface area contributed by atoms with Gasteiger partial charge in [-0.25, -0.2) is 4.79 Å². The van der Waals surface area contributed by atoms with Crippen LogP contribution >= 0.6 is 0 Å². The summed E-state index contributed by atoms with van der Waals surface area (Å²) >= 11 is 0. The van der Waals surface area contributed by atoms with Crippen molar-refractivity contribution in [1.29, 1.82) is 0 Å². The Morgan fingerprint density at radius 3 is 2.59 bits per heavy atom. The van der Waals surface area contributed by atoms with Gasteiger partial charge in [-0.1, -0.05) is 19.3 Å². The second-order valence-electron chi connectivity index (χ2n) is 4.36. The van der Waals surface area contributed by atoms with Crippen LogP contribution in [0.2, 0.25) is 0 Å². The molecule has 0 aromatic heterocycles. The number of rotatable bonds is 4. The SMILES string of the molecule is O=C(O)CCNC(=O)NC1CCCCCC1O. The molecule has 98 valence electrons. The molecule has 0 aromatic rings. The number of nitrogens with one attached hydrogen (secondary N) is 2. The molecular formula is C11H20N2O4. The summed E-state index contributed by atoms with van der Waals surface area (Å²) in [6.45, 7) is 0.101. The van der Waals surface area contributed by atoms with E-state index in [4.69, 9.17) is 5.11 Å². The minimum atomic E-state index is -0.945. The molecule has 0 aromatic carbocycles. The van der Waals surface area contributed by atoms with Crippen LogP contribution in [0.5, 0.6) is 0 Å². The molecule has 0 heterocycles. The maximum absolute atomic E-state index is 11.4. The maximum atomic E-state index is 11.4. The van der Waals surface area contributed by atoms with Gasteiger partial charge in [0.05, 0.1) is 18.6 Å². The fraction of sp³-hybridized carbons (Fsp3) is 0.818. The second-order valence-corrected chi connectivity index (χ2v) is 4.36. The molecule has 2 atom stereocenters. The Hall–Kier alpha value is -1.30. The normalized spacial score (nSPS) is 24.8. The Balaban J connectivity index is 2.26. The first-order valence-corrected chi connectivity index (χ1v) is 6.04. The van der Waals surface area contributed by atoms with Gasteiger partial charge in [0.25, 0.3) is 0 Å². The Labute approximate surface area is 100 Å². The number of hydrogen-bond acceptors (Lipinski definition) is 3. The first-order valence-electron chi connectivity index (χ1n) is 6.04. The quantitative estimate of drug-likeness (QED) is 0.540. The summed E-state index contributed by atoms with van der Waals surface area (Å²) in [5.74, 6) is -0.945. The predicted octanol–water partition coefficient (Wildman–Crippen LogP) is 0.454. The van der Waals surface area contributed by atoms with Crippen molar-refractivity contribution in [1.82, 2.24) is 10.6 Å². The van der Waals surface area contributed by atoms with E-state index in [1.165, 1.54) is 0 Å². The molecule has 1 rings (SSSR count). The summed E-state index contributed by atoms with van der Waals surface area (Å²) in [7, 11) is 0. The summed E-state index contributed by atoms with van der Waals surface area (Å²) in [5, 5.41) is 23.3. The number of urea groups is 1. The Bertz CT molecular complexity index is 270. The van der Waals surface area contributed by atoms with E-state index in [2.05, 4.69) is 10.6 Å². The maximum Gasteiger partial charge on any atom is 0.315 e. The third-order valence-corrected chi connectivity index (χ3v) is 2.92. The van der Waals surface area contributed by atoms with Gasteiger partial charge in [0.1, 0.15) is 0 Å². The largest absolute Gasteiger partial charge is 0.481 e. The van der Waals surface area contributed by atoms with Crippen molar-refractivity contribution in [3.8, 4) is 0 Å². The lowest BCUT2D eigenvalue weighted by molar-refractivity contribution is -0.136. The van der Waals surface area contributed by atoms with Gasteiger partial charge in [0.2, 0.25) is 0 Å². The van der Waals surface area contributed by atoms with Crippen LogP contribution in [0.25, 0.3) is 0 Å². The molecule has 0 spiro atoms. The Morgan fingerprint density at radius 1 is 1.18 bits per heavy atom. The average molecular weight is 244 g/mol. The summed E-state index contributed by atoms with van der Waals surface area (Å²) < 4.78 is 0. The molecule has 2 amide bonds. The Morgan fingerprint density at radius 2 is 1.88 bits per heavy atom. The van der Waals surface area contributed by atoms with Crippen molar-refractivity contribution >= 4 is 12.0 Å². The highest BCUT2D eigenvalue weighted by atomic mass is 16.4. The highest BCUT2D eigenvalue weighted by Crippen LogP contribution is 2.17. The molecule has 1 saturated carbocycles. The molecule has 2 unspecified atom stereocenters. The number of carbonyl (C=O) groups excluding carboxylic acids is 1. The van der Waals surface area contributed by atoms with Gasteiger partial charge in [0, 0.05) is 6.54 Å². The van der Waals surface area contributed by atoms with Crippen LogP contribution in [0.1, 0.15) is 38.5 Å². The van der Waals surface area contributed by atoms with Crippen LogP contribution in [-0.2, 0) is 4.79 Å². The van der Waals surface area contributed by atoms with Crippen molar-refractivity contribution in [3.63, 3.8) is 0 Å². The zero-order chi connectivity index (χ0) is 12.7. The molecule has 1 aliphatic rings. The van der Waals surface area contributed by atoms with Crippen molar-refractivity contribution in [2.75, 3.05) is 6.54 Å². The summed E-state index contributed by atoms with van der Waals surface area (Å²) in [6.07, 6.45) is 3.95. The molecule has 0 radical (unpaired) electrons. The molecule has 0 bridgehead atoms. The number of aliphatic hydroxyl groups is 1. The van der Waals surface area contributed by atoms with Gasteiger partial charge >= 0.3 is 12.0 Å². The summed E-state index contributed by atoms with van der Waals surface area (Å²) in [4.78, 5) is 21.7. The number of hydrogen-bond donors (Lipinski definition) is 4. The standard InChI is InChI=1S/C11H20N2O4/c14-9-5-3-1-2-4-8(9)13-11(17)12-7-6-10(15)16/h8-9,14H,1-7H2,(H,15,16)(H2,12,13,17). The molecule has 6 nitrogen and oxygen atoms in total. The number of carbonyl (C=O) groups is 2. The van der Waals surface area contributed by atoms with Gasteiger partial charge in [-0.2, -0.15) is 0 Å². The monoisotopic (exact) mass is 244 g/mol. The second kappa shape index (κ2) is 7.11.